The lowest BCUT2D eigenvalue weighted by molar-refractivity contribution is -0.233. The van der Waals surface area contributed by atoms with Crippen LogP contribution in [0, 0.1) is 10.8 Å². The van der Waals surface area contributed by atoms with Crippen molar-refractivity contribution in [2.75, 3.05) is 13.2 Å². The maximum atomic E-state index is 6.20. The molecule has 0 bridgehead atoms. The molecule has 96 valence electrons. The van der Waals surface area contributed by atoms with E-state index in [2.05, 4.69) is 49.2 Å². The Bertz CT molecular complexity index is 316. The van der Waals surface area contributed by atoms with E-state index in [1.165, 1.54) is 0 Å². The average Bonchev–Trinajstić information content (AvgIpc) is 2.27. The smallest absolute Gasteiger partial charge is 0.234 e. The van der Waals surface area contributed by atoms with Crippen molar-refractivity contribution in [2.24, 2.45) is 0 Å². The molecule has 2 nitrogen and oxygen atoms in total. The summed E-state index contributed by atoms with van der Waals surface area (Å²) >= 11 is 12.6. The quantitative estimate of drug-likeness (QED) is 0.522. The van der Waals surface area contributed by atoms with Crippen molar-refractivity contribution < 1.29 is 9.47 Å². The van der Waals surface area contributed by atoms with E-state index >= 15 is 0 Å². The number of rotatable bonds is 5. The summed E-state index contributed by atoms with van der Waals surface area (Å²) in [5.74, 6) is 2.15. The number of ether oxygens (including phenoxy) is 2. The Kier molecular flexibility index (Phi) is 7.13. The van der Waals surface area contributed by atoms with Gasteiger partial charge in [-0.3, -0.25) is 0 Å². The summed E-state index contributed by atoms with van der Waals surface area (Å²) in [4.78, 5) is 2.69. The molecule has 1 heterocycles. The van der Waals surface area contributed by atoms with E-state index in [0.717, 1.165) is 23.7 Å². The zero-order chi connectivity index (χ0) is 12.7. The van der Waals surface area contributed by atoms with Gasteiger partial charge in [0.15, 0.2) is 0 Å². The van der Waals surface area contributed by atoms with Crippen LogP contribution < -0.4 is 0 Å². The molecular formula is C12H15Br2ClO2. The number of hydrogen-bond donors (Lipinski definition) is 0. The highest BCUT2D eigenvalue weighted by atomic mass is 79.9. The van der Waals surface area contributed by atoms with Gasteiger partial charge in [-0.15, -0.1) is 11.6 Å². The van der Waals surface area contributed by atoms with Gasteiger partial charge >= 0.3 is 0 Å². The molecular weight excluding hydrogens is 371 g/mol. The summed E-state index contributed by atoms with van der Waals surface area (Å²) in [5, 5.41) is 0.0185. The Labute approximate surface area is 124 Å². The summed E-state index contributed by atoms with van der Waals surface area (Å²) < 4.78 is 12.2. The molecule has 0 radical (unpaired) electrons. The Hall–Kier alpha value is 0.470. The number of alkyl halides is 1. The van der Waals surface area contributed by atoms with Crippen molar-refractivity contribution in [2.45, 2.75) is 36.8 Å². The summed E-state index contributed by atoms with van der Waals surface area (Å²) in [6, 6.07) is 0. The van der Waals surface area contributed by atoms with Gasteiger partial charge in [0.2, 0.25) is 5.79 Å². The van der Waals surface area contributed by atoms with Crippen LogP contribution in [0.4, 0.5) is 0 Å². The van der Waals surface area contributed by atoms with Crippen LogP contribution in [0.2, 0.25) is 0 Å². The Balaban J connectivity index is 2.48. The standard InChI is InChI=1S/C12H15Br2ClO2/c1-10(14)9-11(15)3-4-12(5-6-13)16-7-2-8-17-12/h11H,1-4,7-9H2. The fraction of sp³-hybridized carbons (Fsp3) is 0.667. The first-order valence-corrected chi connectivity index (χ1v) is 7.48. The normalized spacial score (nSPS) is 20.2. The van der Waals surface area contributed by atoms with Gasteiger partial charge in [0.1, 0.15) is 0 Å². The van der Waals surface area contributed by atoms with E-state index in [4.69, 9.17) is 21.1 Å². The van der Waals surface area contributed by atoms with Crippen LogP contribution in [0.25, 0.3) is 0 Å². The van der Waals surface area contributed by atoms with Crippen LogP contribution >= 0.6 is 43.5 Å². The van der Waals surface area contributed by atoms with Crippen LogP contribution in [-0.4, -0.2) is 24.4 Å². The minimum atomic E-state index is -0.789. The fourth-order valence-corrected chi connectivity index (χ4v) is 2.79. The van der Waals surface area contributed by atoms with Crippen molar-refractivity contribution in [1.82, 2.24) is 0 Å². The molecule has 0 N–H and O–H groups in total. The Morgan fingerprint density at radius 1 is 1.47 bits per heavy atom. The maximum Gasteiger partial charge on any atom is 0.234 e. The van der Waals surface area contributed by atoms with Gasteiger partial charge in [-0.25, -0.2) is 0 Å². The number of allylic oxidation sites excluding steroid dienone is 1. The molecule has 0 amide bonds. The molecule has 1 fully saturated rings. The summed E-state index contributed by atoms with van der Waals surface area (Å²) in [7, 11) is 0. The maximum absolute atomic E-state index is 6.20. The monoisotopic (exact) mass is 384 g/mol. The van der Waals surface area contributed by atoms with Crippen LogP contribution in [0.5, 0.6) is 0 Å². The lowest BCUT2D eigenvalue weighted by Crippen LogP contribution is -2.39. The Morgan fingerprint density at radius 3 is 2.65 bits per heavy atom. The third-order valence-corrected chi connectivity index (χ3v) is 3.32. The van der Waals surface area contributed by atoms with Gasteiger partial charge in [-0.1, -0.05) is 22.5 Å². The minimum Gasteiger partial charge on any atom is -0.340 e. The van der Waals surface area contributed by atoms with E-state index in [9.17, 15) is 0 Å². The van der Waals surface area contributed by atoms with Crippen LogP contribution in [-0.2, 0) is 9.47 Å². The molecule has 5 heteroatoms. The molecule has 1 aliphatic rings. The second-order valence-electron chi connectivity index (χ2n) is 3.88. The third-order valence-electron chi connectivity index (χ3n) is 2.43. The third kappa shape index (κ3) is 5.76. The lowest BCUT2D eigenvalue weighted by Gasteiger charge is -2.33. The molecule has 1 aliphatic heterocycles. The highest BCUT2D eigenvalue weighted by molar-refractivity contribution is 9.12. The van der Waals surface area contributed by atoms with Crippen LogP contribution in [0.3, 0.4) is 0 Å². The predicted octanol–water partition coefficient (Wildman–Crippen LogP) is 4.16. The minimum absolute atomic E-state index is 0.0185. The first-order valence-electron chi connectivity index (χ1n) is 5.46. The lowest BCUT2D eigenvalue weighted by atomic mass is 10.1. The first-order chi connectivity index (χ1) is 8.08. The molecule has 1 saturated heterocycles. The van der Waals surface area contributed by atoms with Crippen molar-refractivity contribution in [3.05, 3.63) is 11.1 Å². The van der Waals surface area contributed by atoms with Crippen LogP contribution in [0.15, 0.2) is 11.1 Å². The molecule has 0 aliphatic carbocycles. The van der Waals surface area contributed by atoms with Crippen molar-refractivity contribution in [3.8, 4) is 10.8 Å². The summed E-state index contributed by atoms with van der Waals surface area (Å²) in [6.45, 7) is 5.14. The molecule has 0 aromatic heterocycles. The highest BCUT2D eigenvalue weighted by Gasteiger charge is 2.33. The predicted molar refractivity (Wildman–Crippen MR) is 77.5 cm³/mol. The topological polar surface area (TPSA) is 18.5 Å². The van der Waals surface area contributed by atoms with E-state index < -0.39 is 5.79 Å². The zero-order valence-corrected chi connectivity index (χ0v) is 13.4. The first kappa shape index (κ1) is 15.5. The second kappa shape index (κ2) is 7.81. The van der Waals surface area contributed by atoms with Crippen molar-refractivity contribution >= 4 is 43.5 Å². The number of halogens is 3. The van der Waals surface area contributed by atoms with Gasteiger partial charge in [0.25, 0.3) is 0 Å². The van der Waals surface area contributed by atoms with Gasteiger partial charge in [0, 0.05) is 27.7 Å². The van der Waals surface area contributed by atoms with Gasteiger partial charge in [0.05, 0.1) is 13.2 Å². The zero-order valence-electron chi connectivity index (χ0n) is 9.48. The van der Waals surface area contributed by atoms with Gasteiger partial charge < -0.3 is 9.47 Å². The van der Waals surface area contributed by atoms with E-state index in [1.807, 2.05) is 0 Å². The molecule has 0 aromatic rings. The molecule has 0 spiro atoms. The summed E-state index contributed by atoms with van der Waals surface area (Å²) in [6.07, 6.45) is 3.08. The molecule has 0 aromatic carbocycles. The van der Waals surface area contributed by atoms with Crippen molar-refractivity contribution in [3.63, 3.8) is 0 Å². The van der Waals surface area contributed by atoms with Gasteiger partial charge in [-0.05, 0) is 34.5 Å². The highest BCUT2D eigenvalue weighted by Crippen LogP contribution is 2.28. The second-order valence-corrected chi connectivity index (χ2v) is 6.02. The van der Waals surface area contributed by atoms with E-state index in [1.54, 1.807) is 0 Å². The van der Waals surface area contributed by atoms with Crippen molar-refractivity contribution in [1.29, 1.82) is 0 Å². The van der Waals surface area contributed by atoms with E-state index in [-0.39, 0.29) is 5.38 Å². The summed E-state index contributed by atoms with van der Waals surface area (Å²) in [5.41, 5.74) is 0. The largest absolute Gasteiger partial charge is 0.340 e. The molecule has 0 saturated carbocycles. The SMILES string of the molecule is C=C(Br)CC(Cl)CCC1(C#CBr)OCCCO1. The number of hydrogen-bond acceptors (Lipinski definition) is 2. The van der Waals surface area contributed by atoms with E-state index in [0.29, 0.717) is 19.6 Å². The molecule has 1 atom stereocenters. The molecule has 1 unspecified atom stereocenters. The fourth-order valence-electron chi connectivity index (χ4n) is 1.61. The van der Waals surface area contributed by atoms with Gasteiger partial charge in [-0.2, -0.15) is 0 Å². The van der Waals surface area contributed by atoms with Crippen LogP contribution in [0.1, 0.15) is 25.7 Å². The molecule has 1 rings (SSSR count). The molecule has 17 heavy (non-hydrogen) atoms. The Morgan fingerprint density at radius 2 is 2.12 bits per heavy atom. The average molecular weight is 387 g/mol.